The number of hydrogen-bond donors (Lipinski definition) is 1. The molecule has 3 aromatic carbocycles. The first-order valence-electron chi connectivity index (χ1n) is 16.9. The number of ether oxygens (including phenoxy) is 3. The summed E-state index contributed by atoms with van der Waals surface area (Å²) in [5.74, 6) is -0.696. The Morgan fingerprint density at radius 2 is 1.51 bits per heavy atom. The molecule has 4 rings (SSSR count). The zero-order valence-electron chi connectivity index (χ0n) is 29.9. The standard InChI is InChI=1S/C39H52N4O6/c1-29(32-21-15-10-16-22-32)42(25-30-17-11-8-12-18-30)33(23-34-26-43(39(5,6)48-34)37(46)49-38(2,3)4)24-35(44)40-41(7)27-36(45)47-28-31-19-13-9-14-20-31/h8-22,29,33-34H,23-28H2,1-7H3,(H,40,44)/t29-,33-,34-/m1/s1. The molecule has 1 heterocycles. The van der Waals surface area contributed by atoms with Gasteiger partial charge >= 0.3 is 12.1 Å². The van der Waals surface area contributed by atoms with E-state index in [9.17, 15) is 14.4 Å². The molecule has 0 aliphatic carbocycles. The maximum atomic E-state index is 13.7. The fourth-order valence-electron chi connectivity index (χ4n) is 6.09. The number of rotatable bonds is 14. The molecule has 1 fully saturated rings. The lowest BCUT2D eigenvalue weighted by atomic mass is 9.97. The molecule has 0 unspecified atom stereocenters. The van der Waals surface area contributed by atoms with Crippen LogP contribution < -0.4 is 5.43 Å². The van der Waals surface area contributed by atoms with Crippen LogP contribution in [0.1, 0.15) is 77.1 Å². The zero-order chi connectivity index (χ0) is 35.6. The Morgan fingerprint density at radius 1 is 0.939 bits per heavy atom. The van der Waals surface area contributed by atoms with Gasteiger partial charge in [-0.25, -0.2) is 9.80 Å². The van der Waals surface area contributed by atoms with Gasteiger partial charge in [0.2, 0.25) is 5.91 Å². The van der Waals surface area contributed by atoms with E-state index in [0.717, 1.165) is 16.7 Å². The van der Waals surface area contributed by atoms with Crippen molar-refractivity contribution in [3.05, 3.63) is 108 Å². The lowest BCUT2D eigenvalue weighted by Gasteiger charge is -2.38. The Hall–Kier alpha value is -4.25. The van der Waals surface area contributed by atoms with Crippen molar-refractivity contribution in [3.63, 3.8) is 0 Å². The molecule has 10 heteroatoms. The number of likely N-dealkylation sites (N-methyl/N-ethyl adjacent to an activating group) is 1. The molecule has 1 saturated heterocycles. The lowest BCUT2D eigenvalue weighted by Crippen LogP contribution is -2.47. The van der Waals surface area contributed by atoms with Gasteiger partial charge in [0.1, 0.15) is 24.5 Å². The average Bonchev–Trinajstić information content (AvgIpc) is 3.36. The summed E-state index contributed by atoms with van der Waals surface area (Å²) in [7, 11) is 1.65. The summed E-state index contributed by atoms with van der Waals surface area (Å²) in [6.07, 6.45) is -0.190. The van der Waals surface area contributed by atoms with Crippen LogP contribution in [0.2, 0.25) is 0 Å². The summed E-state index contributed by atoms with van der Waals surface area (Å²) in [6.45, 7) is 12.3. The number of amides is 2. The molecule has 1 N–H and O–H groups in total. The van der Waals surface area contributed by atoms with Crippen molar-refractivity contribution in [2.24, 2.45) is 0 Å². The monoisotopic (exact) mass is 672 g/mol. The maximum absolute atomic E-state index is 13.7. The van der Waals surface area contributed by atoms with Crippen molar-refractivity contribution in [2.45, 2.75) is 97.0 Å². The van der Waals surface area contributed by atoms with Crippen molar-refractivity contribution >= 4 is 18.0 Å². The molecule has 0 bridgehead atoms. The Labute approximate surface area is 291 Å². The number of hydrogen-bond acceptors (Lipinski definition) is 8. The highest BCUT2D eigenvalue weighted by atomic mass is 16.6. The van der Waals surface area contributed by atoms with Crippen molar-refractivity contribution in [3.8, 4) is 0 Å². The van der Waals surface area contributed by atoms with E-state index >= 15 is 0 Å². The summed E-state index contributed by atoms with van der Waals surface area (Å²) in [5.41, 5.74) is 4.44. The van der Waals surface area contributed by atoms with Gasteiger partial charge in [0, 0.05) is 32.1 Å². The van der Waals surface area contributed by atoms with Gasteiger partial charge in [0.05, 0.1) is 12.6 Å². The molecule has 10 nitrogen and oxygen atoms in total. The third-order valence-electron chi connectivity index (χ3n) is 8.44. The molecular weight excluding hydrogens is 620 g/mol. The molecule has 264 valence electrons. The van der Waals surface area contributed by atoms with Crippen molar-refractivity contribution in [1.29, 1.82) is 0 Å². The SMILES string of the molecule is C[C@H](c1ccccc1)N(Cc1ccccc1)[C@@H](CC(=O)NN(C)CC(=O)OCc1ccccc1)C[C@@H]1CN(C(=O)OC(C)(C)C)C(C)(C)O1. The van der Waals surface area contributed by atoms with E-state index in [1.807, 2.05) is 101 Å². The first-order valence-corrected chi connectivity index (χ1v) is 16.9. The van der Waals surface area contributed by atoms with Crippen molar-refractivity contribution < 1.29 is 28.6 Å². The summed E-state index contributed by atoms with van der Waals surface area (Å²) in [4.78, 5) is 43.4. The molecule has 0 radical (unpaired) electrons. The van der Waals surface area contributed by atoms with Crippen LogP contribution in [-0.4, -0.2) is 76.4 Å². The van der Waals surface area contributed by atoms with E-state index < -0.39 is 23.4 Å². The highest BCUT2D eigenvalue weighted by Crippen LogP contribution is 2.34. The molecular formula is C39H52N4O6. The summed E-state index contributed by atoms with van der Waals surface area (Å²) in [5, 5.41) is 1.45. The quantitative estimate of drug-likeness (QED) is 0.154. The average molecular weight is 673 g/mol. The van der Waals surface area contributed by atoms with Crippen LogP contribution in [0.15, 0.2) is 91.0 Å². The molecule has 3 aromatic rings. The van der Waals surface area contributed by atoms with Crippen LogP contribution in [0.3, 0.4) is 0 Å². The Morgan fingerprint density at radius 3 is 2.10 bits per heavy atom. The summed E-state index contributed by atoms with van der Waals surface area (Å²) < 4.78 is 17.6. The predicted octanol–water partition coefficient (Wildman–Crippen LogP) is 6.48. The molecule has 0 spiro atoms. The number of carbonyl (C=O) groups is 3. The van der Waals surface area contributed by atoms with Gasteiger partial charge in [-0.05, 0) is 64.7 Å². The largest absolute Gasteiger partial charge is 0.460 e. The minimum atomic E-state index is -0.893. The van der Waals surface area contributed by atoms with E-state index in [1.54, 1.807) is 11.9 Å². The van der Waals surface area contributed by atoms with Crippen LogP contribution in [0.4, 0.5) is 4.79 Å². The van der Waals surface area contributed by atoms with Crippen LogP contribution in [0.25, 0.3) is 0 Å². The number of nitrogens with one attached hydrogen (secondary N) is 1. The van der Waals surface area contributed by atoms with Crippen LogP contribution >= 0.6 is 0 Å². The van der Waals surface area contributed by atoms with Crippen molar-refractivity contribution in [2.75, 3.05) is 20.1 Å². The van der Waals surface area contributed by atoms with Crippen LogP contribution in [0.5, 0.6) is 0 Å². The van der Waals surface area contributed by atoms with Gasteiger partial charge < -0.3 is 14.2 Å². The molecule has 1 aliphatic rings. The Balaban J connectivity index is 1.53. The maximum Gasteiger partial charge on any atom is 0.412 e. The predicted molar refractivity (Wildman–Crippen MR) is 189 cm³/mol. The molecule has 2 amide bonds. The molecule has 0 saturated carbocycles. The summed E-state index contributed by atoms with van der Waals surface area (Å²) in [6, 6.07) is 29.5. The first kappa shape index (κ1) is 37.6. The van der Waals surface area contributed by atoms with Gasteiger partial charge in [0.25, 0.3) is 0 Å². The minimum absolute atomic E-state index is 0.0544. The second-order valence-corrected chi connectivity index (χ2v) is 14.2. The summed E-state index contributed by atoms with van der Waals surface area (Å²) >= 11 is 0. The fraction of sp³-hybridized carbons (Fsp3) is 0.462. The van der Waals surface area contributed by atoms with Crippen molar-refractivity contribution in [1.82, 2.24) is 20.2 Å². The van der Waals surface area contributed by atoms with Gasteiger partial charge in [-0.15, -0.1) is 0 Å². The number of hydrazine groups is 1. The van der Waals surface area contributed by atoms with Gasteiger partial charge in [-0.3, -0.25) is 24.8 Å². The smallest absolute Gasteiger partial charge is 0.412 e. The fourth-order valence-corrected chi connectivity index (χ4v) is 6.09. The minimum Gasteiger partial charge on any atom is -0.460 e. The number of carbonyl (C=O) groups excluding carboxylic acids is 3. The van der Waals surface area contributed by atoms with E-state index in [4.69, 9.17) is 14.2 Å². The molecule has 49 heavy (non-hydrogen) atoms. The van der Waals surface area contributed by atoms with E-state index in [1.165, 1.54) is 5.01 Å². The van der Waals surface area contributed by atoms with Gasteiger partial charge in [-0.2, -0.15) is 0 Å². The number of nitrogens with zero attached hydrogens (tertiary/aromatic N) is 3. The third kappa shape index (κ3) is 11.7. The second-order valence-electron chi connectivity index (χ2n) is 14.2. The highest BCUT2D eigenvalue weighted by Gasteiger charge is 2.45. The first-order chi connectivity index (χ1) is 23.2. The van der Waals surface area contributed by atoms with Crippen LogP contribution in [-0.2, 0) is 37.0 Å². The normalized spacial score (nSPS) is 17.1. The lowest BCUT2D eigenvalue weighted by molar-refractivity contribution is -0.147. The highest BCUT2D eigenvalue weighted by molar-refractivity contribution is 5.77. The molecule has 3 atom stereocenters. The number of benzene rings is 3. The van der Waals surface area contributed by atoms with E-state index in [0.29, 0.717) is 19.5 Å². The topological polar surface area (TPSA) is 101 Å². The Kier molecular flexibility index (Phi) is 13.0. The second kappa shape index (κ2) is 16.9. The molecule has 1 aliphatic heterocycles. The van der Waals surface area contributed by atoms with Gasteiger partial charge in [-0.1, -0.05) is 91.0 Å². The van der Waals surface area contributed by atoms with E-state index in [2.05, 4.69) is 41.5 Å². The van der Waals surface area contributed by atoms with Gasteiger partial charge in [0.15, 0.2) is 0 Å². The third-order valence-corrected chi connectivity index (χ3v) is 8.44. The molecule has 0 aromatic heterocycles. The Bertz CT molecular complexity index is 1500. The zero-order valence-corrected chi connectivity index (χ0v) is 29.9. The number of esters is 1. The van der Waals surface area contributed by atoms with E-state index in [-0.39, 0.29) is 43.7 Å². The van der Waals surface area contributed by atoms with Crippen LogP contribution in [0, 0.1) is 0 Å².